The number of likely N-dealkylation sites (tertiary alicyclic amines) is 1. The molecule has 162 valence electrons. The van der Waals surface area contributed by atoms with Gasteiger partial charge in [0.25, 0.3) is 0 Å². The van der Waals surface area contributed by atoms with Gasteiger partial charge >= 0.3 is 18.5 Å². The number of nitrogens with one attached hydrogen (secondary N) is 2. The van der Waals surface area contributed by atoms with Crippen molar-refractivity contribution in [3.8, 4) is 5.75 Å². The van der Waals surface area contributed by atoms with Crippen LogP contribution in [0.4, 0.5) is 28.4 Å². The van der Waals surface area contributed by atoms with Gasteiger partial charge in [-0.15, -0.1) is 13.2 Å². The number of benzene rings is 1. The van der Waals surface area contributed by atoms with E-state index in [1.807, 2.05) is 0 Å². The molecule has 0 unspecified atom stereocenters. The predicted octanol–water partition coefficient (Wildman–Crippen LogP) is 4.87. The molecule has 0 spiro atoms. The lowest BCUT2D eigenvalue weighted by molar-refractivity contribution is -0.274. The molecule has 0 atom stereocenters. The van der Waals surface area contributed by atoms with E-state index >= 15 is 0 Å². The number of piperidine rings is 1. The summed E-state index contributed by atoms with van der Waals surface area (Å²) in [6.07, 6.45) is -4.05. The summed E-state index contributed by atoms with van der Waals surface area (Å²) >= 11 is 3.11. The number of urea groups is 1. The number of hydrogen-bond acceptors (Lipinski definition) is 4. The molecule has 2 N–H and O–H groups in total. The van der Waals surface area contributed by atoms with Crippen LogP contribution in [0.1, 0.15) is 33.6 Å². The first-order chi connectivity index (χ1) is 13.3. The van der Waals surface area contributed by atoms with Gasteiger partial charge in [0.1, 0.15) is 11.4 Å². The molecule has 1 heterocycles. The summed E-state index contributed by atoms with van der Waals surface area (Å²) in [7, 11) is 0. The van der Waals surface area contributed by atoms with Crippen molar-refractivity contribution in [3.63, 3.8) is 0 Å². The van der Waals surface area contributed by atoms with Crippen LogP contribution in [0.2, 0.25) is 0 Å². The van der Waals surface area contributed by atoms with E-state index in [4.69, 9.17) is 4.74 Å². The largest absolute Gasteiger partial charge is 0.573 e. The average molecular weight is 482 g/mol. The molecule has 11 heteroatoms. The number of rotatable bonds is 3. The highest BCUT2D eigenvalue weighted by Gasteiger charge is 2.31. The third kappa shape index (κ3) is 8.00. The highest BCUT2D eigenvalue weighted by atomic mass is 79.9. The molecule has 0 aromatic heterocycles. The molecular weight excluding hydrogens is 459 g/mol. The molecule has 0 radical (unpaired) electrons. The molecule has 0 bridgehead atoms. The van der Waals surface area contributed by atoms with Crippen molar-refractivity contribution >= 4 is 33.7 Å². The van der Waals surface area contributed by atoms with Crippen molar-refractivity contribution in [2.45, 2.75) is 51.6 Å². The number of ether oxygens (including phenoxy) is 2. The molecule has 1 aromatic carbocycles. The summed E-state index contributed by atoms with van der Waals surface area (Å²) in [5.41, 5.74) is -0.275. The van der Waals surface area contributed by atoms with Crippen molar-refractivity contribution in [2.75, 3.05) is 18.4 Å². The molecule has 0 saturated carbocycles. The lowest BCUT2D eigenvalue weighted by atomic mass is 10.1. The molecule has 1 fully saturated rings. The van der Waals surface area contributed by atoms with Crippen LogP contribution in [-0.4, -0.2) is 48.1 Å². The van der Waals surface area contributed by atoms with Crippen LogP contribution in [0.3, 0.4) is 0 Å². The average Bonchev–Trinajstić information content (AvgIpc) is 2.55. The molecular formula is C18H23BrF3N3O4. The molecule has 1 aliphatic heterocycles. The highest BCUT2D eigenvalue weighted by molar-refractivity contribution is 9.10. The minimum atomic E-state index is -4.79. The van der Waals surface area contributed by atoms with Gasteiger partial charge in [0.2, 0.25) is 0 Å². The lowest BCUT2D eigenvalue weighted by Gasteiger charge is -2.33. The number of hydrogen-bond donors (Lipinski definition) is 2. The van der Waals surface area contributed by atoms with Gasteiger partial charge in [0.15, 0.2) is 0 Å². The Morgan fingerprint density at radius 1 is 1.17 bits per heavy atom. The Morgan fingerprint density at radius 2 is 1.79 bits per heavy atom. The number of halogens is 4. The molecule has 3 amide bonds. The maximum Gasteiger partial charge on any atom is 0.573 e. The standard InChI is InChI=1S/C18H23BrF3N3O4/c1-17(2,3)29-16(27)25-8-6-11(7-9-25)23-15(26)24-14-5-4-12(10-13(14)19)28-18(20,21)22/h4-5,10-11H,6-9H2,1-3H3,(H2,23,24,26). The highest BCUT2D eigenvalue weighted by Crippen LogP contribution is 2.30. The summed E-state index contributed by atoms with van der Waals surface area (Å²) in [5, 5.41) is 5.37. The fourth-order valence-corrected chi connectivity index (χ4v) is 3.13. The SMILES string of the molecule is CC(C)(C)OC(=O)N1CCC(NC(=O)Nc2ccc(OC(F)(F)F)cc2Br)CC1. The quantitative estimate of drug-likeness (QED) is 0.645. The van der Waals surface area contributed by atoms with Crippen LogP contribution in [0.5, 0.6) is 5.75 Å². The molecule has 7 nitrogen and oxygen atoms in total. The van der Waals surface area contributed by atoms with Crippen LogP contribution in [0, 0.1) is 0 Å². The van der Waals surface area contributed by atoms with Gasteiger partial charge in [-0.3, -0.25) is 0 Å². The topological polar surface area (TPSA) is 79.9 Å². The van der Waals surface area contributed by atoms with Crippen LogP contribution < -0.4 is 15.4 Å². The van der Waals surface area contributed by atoms with E-state index in [1.54, 1.807) is 25.7 Å². The van der Waals surface area contributed by atoms with Crippen LogP contribution >= 0.6 is 15.9 Å². The molecule has 1 aromatic rings. The number of amides is 3. The van der Waals surface area contributed by atoms with Gasteiger partial charge in [-0.05, 0) is 67.7 Å². The fourth-order valence-electron chi connectivity index (χ4n) is 2.67. The minimum absolute atomic E-state index is 0.139. The summed E-state index contributed by atoms with van der Waals surface area (Å²) in [4.78, 5) is 25.8. The molecule has 29 heavy (non-hydrogen) atoms. The smallest absolute Gasteiger partial charge is 0.444 e. The first kappa shape index (κ1) is 23.1. The van der Waals surface area contributed by atoms with E-state index in [0.717, 1.165) is 12.1 Å². The van der Waals surface area contributed by atoms with Gasteiger partial charge in [-0.2, -0.15) is 0 Å². The lowest BCUT2D eigenvalue weighted by Crippen LogP contribution is -2.48. The van der Waals surface area contributed by atoms with Crippen molar-refractivity contribution in [1.29, 1.82) is 0 Å². The second-order valence-electron chi connectivity index (χ2n) is 7.53. The van der Waals surface area contributed by atoms with Crippen LogP contribution in [-0.2, 0) is 4.74 Å². The third-order valence-electron chi connectivity index (χ3n) is 3.90. The Morgan fingerprint density at radius 3 is 2.31 bits per heavy atom. The Kier molecular flexibility index (Phi) is 7.25. The Balaban J connectivity index is 1.82. The minimum Gasteiger partial charge on any atom is -0.444 e. The Hall–Kier alpha value is -2.17. The van der Waals surface area contributed by atoms with E-state index in [1.165, 1.54) is 6.07 Å². The van der Waals surface area contributed by atoms with E-state index in [9.17, 15) is 22.8 Å². The Bertz CT molecular complexity index is 745. The van der Waals surface area contributed by atoms with Gasteiger partial charge in [0, 0.05) is 23.6 Å². The van der Waals surface area contributed by atoms with Gasteiger partial charge in [0.05, 0.1) is 5.69 Å². The van der Waals surface area contributed by atoms with Crippen molar-refractivity contribution < 1.29 is 32.2 Å². The summed E-state index contributed by atoms with van der Waals surface area (Å²) < 4.78 is 46.2. The molecule has 0 aliphatic carbocycles. The van der Waals surface area contributed by atoms with Crippen molar-refractivity contribution in [1.82, 2.24) is 10.2 Å². The van der Waals surface area contributed by atoms with E-state index < -0.39 is 23.7 Å². The van der Waals surface area contributed by atoms with Crippen molar-refractivity contribution in [2.24, 2.45) is 0 Å². The van der Waals surface area contributed by atoms with Gasteiger partial charge < -0.3 is 25.0 Å². The third-order valence-corrected chi connectivity index (χ3v) is 4.56. The van der Waals surface area contributed by atoms with E-state index in [-0.39, 0.29) is 16.6 Å². The molecule has 1 saturated heterocycles. The second-order valence-corrected chi connectivity index (χ2v) is 8.38. The maximum atomic E-state index is 12.3. The number of carbonyl (C=O) groups excluding carboxylic acids is 2. The summed E-state index contributed by atoms with van der Waals surface area (Å²) in [6, 6.07) is 2.89. The summed E-state index contributed by atoms with van der Waals surface area (Å²) in [6.45, 7) is 6.29. The Labute approximate surface area is 175 Å². The first-order valence-electron chi connectivity index (χ1n) is 8.93. The normalized spacial score (nSPS) is 15.6. The number of nitrogens with zero attached hydrogens (tertiary/aromatic N) is 1. The number of alkyl halides is 3. The number of anilines is 1. The van der Waals surface area contributed by atoms with Crippen molar-refractivity contribution in [3.05, 3.63) is 22.7 Å². The van der Waals surface area contributed by atoms with E-state index in [0.29, 0.717) is 31.6 Å². The summed E-state index contributed by atoms with van der Waals surface area (Å²) in [5.74, 6) is -0.398. The zero-order chi connectivity index (χ0) is 21.8. The zero-order valence-corrected chi connectivity index (χ0v) is 17.8. The number of carbonyl (C=O) groups is 2. The predicted molar refractivity (Wildman–Crippen MR) is 104 cm³/mol. The van der Waals surface area contributed by atoms with Gasteiger partial charge in [-0.25, -0.2) is 9.59 Å². The molecule has 1 aliphatic rings. The second kappa shape index (κ2) is 9.10. The van der Waals surface area contributed by atoms with Crippen LogP contribution in [0.15, 0.2) is 22.7 Å². The monoisotopic (exact) mass is 481 g/mol. The first-order valence-corrected chi connectivity index (χ1v) is 9.72. The van der Waals surface area contributed by atoms with E-state index in [2.05, 4.69) is 31.3 Å². The maximum absolute atomic E-state index is 12.3. The van der Waals surface area contributed by atoms with Crippen LogP contribution in [0.25, 0.3) is 0 Å². The molecule has 2 rings (SSSR count). The zero-order valence-electron chi connectivity index (χ0n) is 16.2. The van der Waals surface area contributed by atoms with Gasteiger partial charge in [-0.1, -0.05) is 0 Å². The fraction of sp³-hybridized carbons (Fsp3) is 0.556.